The van der Waals surface area contributed by atoms with E-state index in [1.807, 2.05) is 13.0 Å². The zero-order chi connectivity index (χ0) is 18.7. The molecule has 0 saturated carbocycles. The Labute approximate surface area is 151 Å². The first kappa shape index (κ1) is 17.7. The Morgan fingerprint density at radius 3 is 2.77 bits per heavy atom. The maximum absolute atomic E-state index is 13.3. The molecule has 0 bridgehead atoms. The summed E-state index contributed by atoms with van der Waals surface area (Å²) in [7, 11) is 3.40. The van der Waals surface area contributed by atoms with Crippen LogP contribution in [0.2, 0.25) is 0 Å². The number of rotatable bonds is 5. The lowest BCUT2D eigenvalue weighted by Crippen LogP contribution is -2.21. The van der Waals surface area contributed by atoms with E-state index in [1.54, 1.807) is 38.4 Å². The third-order valence-corrected chi connectivity index (χ3v) is 3.84. The minimum Gasteiger partial charge on any atom is -0.487 e. The van der Waals surface area contributed by atoms with Gasteiger partial charge in [0.1, 0.15) is 30.1 Å². The number of nitrogens with zero attached hydrogens (tertiary/aromatic N) is 2. The third-order valence-electron chi connectivity index (χ3n) is 3.84. The summed E-state index contributed by atoms with van der Waals surface area (Å²) in [5, 5.41) is 0. The van der Waals surface area contributed by atoms with Crippen LogP contribution in [0.1, 0.15) is 21.6 Å². The fraction of sp³-hybridized carbons (Fsp3) is 0.200. The average molecular weight is 354 g/mol. The number of carbonyl (C=O) groups excluding carboxylic acids is 1. The minimum absolute atomic E-state index is 0.0929. The smallest absolute Gasteiger partial charge is 0.253 e. The standard InChI is InChI=1S/C20H19FN2O3/c1-13-7-8-15(20(24)23(2)3)10-18(13)25-11-17-12-26-19(22-17)14-5-4-6-16(21)9-14/h4-10,12H,11H2,1-3H3. The second-order valence-electron chi connectivity index (χ2n) is 6.12. The van der Waals surface area contributed by atoms with Crippen LogP contribution in [0.15, 0.2) is 53.1 Å². The minimum atomic E-state index is -0.350. The molecule has 0 saturated heterocycles. The van der Waals surface area contributed by atoms with Crippen LogP contribution in [0.3, 0.4) is 0 Å². The number of carbonyl (C=O) groups is 1. The molecule has 134 valence electrons. The van der Waals surface area contributed by atoms with Crippen molar-refractivity contribution in [2.24, 2.45) is 0 Å². The van der Waals surface area contributed by atoms with Gasteiger partial charge < -0.3 is 14.1 Å². The molecule has 1 amide bonds. The Balaban J connectivity index is 1.74. The summed E-state index contributed by atoms with van der Waals surface area (Å²) in [6.07, 6.45) is 1.48. The molecule has 0 radical (unpaired) electrons. The largest absolute Gasteiger partial charge is 0.487 e. The van der Waals surface area contributed by atoms with Crippen molar-refractivity contribution in [3.63, 3.8) is 0 Å². The van der Waals surface area contributed by atoms with Crippen LogP contribution in [0, 0.1) is 12.7 Å². The lowest BCUT2D eigenvalue weighted by molar-refractivity contribution is 0.0827. The zero-order valence-corrected chi connectivity index (χ0v) is 14.8. The van der Waals surface area contributed by atoms with Gasteiger partial charge in [0.2, 0.25) is 5.89 Å². The first-order valence-electron chi connectivity index (χ1n) is 8.09. The lowest BCUT2D eigenvalue weighted by atomic mass is 10.1. The molecule has 5 nitrogen and oxygen atoms in total. The summed E-state index contributed by atoms with van der Waals surface area (Å²) in [6, 6.07) is 11.4. The molecule has 0 aliphatic heterocycles. The number of oxazole rings is 1. The maximum Gasteiger partial charge on any atom is 0.253 e. The average Bonchev–Trinajstić information content (AvgIpc) is 3.09. The maximum atomic E-state index is 13.3. The number of halogens is 1. The van der Waals surface area contributed by atoms with E-state index in [9.17, 15) is 9.18 Å². The molecule has 6 heteroatoms. The molecule has 3 aromatic rings. The van der Waals surface area contributed by atoms with Crippen molar-refractivity contribution in [2.45, 2.75) is 13.5 Å². The van der Waals surface area contributed by atoms with Gasteiger partial charge in [-0.3, -0.25) is 4.79 Å². The summed E-state index contributed by atoms with van der Waals surface area (Å²) in [5.41, 5.74) is 2.60. The number of amides is 1. The van der Waals surface area contributed by atoms with Gasteiger partial charge in [0, 0.05) is 25.2 Å². The van der Waals surface area contributed by atoms with Crippen molar-refractivity contribution in [1.29, 1.82) is 0 Å². The molecule has 3 rings (SSSR count). The van der Waals surface area contributed by atoms with Crippen molar-refractivity contribution >= 4 is 5.91 Å². The number of aryl methyl sites for hydroxylation is 1. The molecule has 0 atom stereocenters. The normalized spacial score (nSPS) is 10.6. The van der Waals surface area contributed by atoms with E-state index in [1.165, 1.54) is 23.3 Å². The number of hydrogen-bond acceptors (Lipinski definition) is 4. The summed E-state index contributed by atoms with van der Waals surface area (Å²) in [6.45, 7) is 2.08. The SMILES string of the molecule is Cc1ccc(C(=O)N(C)C)cc1OCc1coc(-c2cccc(F)c2)n1. The summed E-state index contributed by atoms with van der Waals surface area (Å²) in [5.74, 6) is 0.491. The van der Waals surface area contributed by atoms with Gasteiger partial charge in [0.05, 0.1) is 0 Å². The molecular formula is C20H19FN2O3. The Bertz CT molecular complexity index is 934. The molecule has 0 aliphatic rings. The highest BCUT2D eigenvalue weighted by Crippen LogP contribution is 2.23. The van der Waals surface area contributed by atoms with E-state index in [0.29, 0.717) is 28.5 Å². The van der Waals surface area contributed by atoms with Gasteiger partial charge in [-0.1, -0.05) is 12.1 Å². The van der Waals surface area contributed by atoms with Crippen LogP contribution < -0.4 is 4.74 Å². The van der Waals surface area contributed by atoms with Crippen LogP contribution in [-0.2, 0) is 6.61 Å². The lowest BCUT2D eigenvalue weighted by Gasteiger charge is -2.13. The van der Waals surface area contributed by atoms with Gasteiger partial charge in [0.25, 0.3) is 5.91 Å². The fourth-order valence-corrected chi connectivity index (χ4v) is 2.43. The van der Waals surface area contributed by atoms with Crippen molar-refractivity contribution in [3.05, 3.63) is 71.4 Å². The van der Waals surface area contributed by atoms with E-state index in [-0.39, 0.29) is 18.3 Å². The summed E-state index contributed by atoms with van der Waals surface area (Å²) < 4.78 is 24.5. The van der Waals surface area contributed by atoms with Gasteiger partial charge >= 0.3 is 0 Å². The highest BCUT2D eigenvalue weighted by Gasteiger charge is 2.12. The molecule has 1 aromatic heterocycles. The predicted molar refractivity (Wildman–Crippen MR) is 95.4 cm³/mol. The highest BCUT2D eigenvalue weighted by atomic mass is 19.1. The van der Waals surface area contributed by atoms with E-state index in [4.69, 9.17) is 9.15 Å². The van der Waals surface area contributed by atoms with Crippen LogP contribution in [-0.4, -0.2) is 29.9 Å². The molecule has 0 unspecified atom stereocenters. The quantitative estimate of drug-likeness (QED) is 0.693. The van der Waals surface area contributed by atoms with Crippen molar-refractivity contribution in [1.82, 2.24) is 9.88 Å². The van der Waals surface area contributed by atoms with E-state index in [0.717, 1.165) is 5.56 Å². The van der Waals surface area contributed by atoms with Crippen molar-refractivity contribution in [2.75, 3.05) is 14.1 Å². The number of benzene rings is 2. The number of hydrogen-bond donors (Lipinski definition) is 0. The number of ether oxygens (including phenoxy) is 1. The Morgan fingerprint density at radius 1 is 1.23 bits per heavy atom. The predicted octanol–water partition coefficient (Wildman–Crippen LogP) is 4.07. The Morgan fingerprint density at radius 2 is 2.04 bits per heavy atom. The van der Waals surface area contributed by atoms with Gasteiger partial charge in [-0.2, -0.15) is 0 Å². The topological polar surface area (TPSA) is 55.6 Å². The van der Waals surface area contributed by atoms with E-state index < -0.39 is 0 Å². The summed E-state index contributed by atoms with van der Waals surface area (Å²) in [4.78, 5) is 17.9. The molecule has 0 aliphatic carbocycles. The first-order chi connectivity index (χ1) is 12.4. The van der Waals surface area contributed by atoms with Crippen LogP contribution >= 0.6 is 0 Å². The molecule has 0 spiro atoms. The molecular weight excluding hydrogens is 335 g/mol. The Kier molecular flexibility index (Phi) is 5.02. The van der Waals surface area contributed by atoms with Crippen molar-refractivity contribution in [3.8, 4) is 17.2 Å². The second-order valence-corrected chi connectivity index (χ2v) is 6.12. The van der Waals surface area contributed by atoms with Crippen LogP contribution in [0.25, 0.3) is 11.5 Å². The van der Waals surface area contributed by atoms with Gasteiger partial charge in [-0.05, 0) is 42.8 Å². The van der Waals surface area contributed by atoms with Gasteiger partial charge in [-0.15, -0.1) is 0 Å². The van der Waals surface area contributed by atoms with Gasteiger partial charge in [-0.25, -0.2) is 9.37 Å². The monoisotopic (exact) mass is 354 g/mol. The third kappa shape index (κ3) is 3.91. The van der Waals surface area contributed by atoms with Crippen molar-refractivity contribution < 1.29 is 18.3 Å². The van der Waals surface area contributed by atoms with Gasteiger partial charge in [0.15, 0.2) is 0 Å². The summed E-state index contributed by atoms with van der Waals surface area (Å²) >= 11 is 0. The molecule has 26 heavy (non-hydrogen) atoms. The molecule has 2 aromatic carbocycles. The number of aromatic nitrogens is 1. The Hall–Kier alpha value is -3.15. The molecule has 0 N–H and O–H groups in total. The first-order valence-corrected chi connectivity index (χ1v) is 8.09. The van der Waals surface area contributed by atoms with E-state index in [2.05, 4.69) is 4.98 Å². The van der Waals surface area contributed by atoms with Crippen LogP contribution in [0.4, 0.5) is 4.39 Å². The molecule has 0 fully saturated rings. The van der Waals surface area contributed by atoms with E-state index >= 15 is 0 Å². The van der Waals surface area contributed by atoms with Crippen LogP contribution in [0.5, 0.6) is 5.75 Å². The second kappa shape index (κ2) is 7.39. The zero-order valence-electron chi connectivity index (χ0n) is 14.8. The fourth-order valence-electron chi connectivity index (χ4n) is 2.43. The highest BCUT2D eigenvalue weighted by molar-refractivity contribution is 5.94. The molecule has 1 heterocycles.